The minimum atomic E-state index is -1.16. The van der Waals surface area contributed by atoms with Gasteiger partial charge < -0.3 is 20.4 Å². The van der Waals surface area contributed by atoms with Gasteiger partial charge >= 0.3 is 11.9 Å². The minimum Gasteiger partial charge on any atom is -0.480 e. The van der Waals surface area contributed by atoms with Gasteiger partial charge in [0.1, 0.15) is 0 Å². The van der Waals surface area contributed by atoms with Crippen LogP contribution in [0.4, 0.5) is 0 Å². The molecule has 0 radical (unpaired) electrons. The first-order valence-electron chi connectivity index (χ1n) is 9.22. The van der Waals surface area contributed by atoms with Gasteiger partial charge in [-0.25, -0.2) is 0 Å². The quantitative estimate of drug-likeness (QED) is 0.395. The zero-order chi connectivity index (χ0) is 20.6. The van der Waals surface area contributed by atoms with E-state index in [0.29, 0.717) is 12.8 Å². The van der Waals surface area contributed by atoms with Crippen LogP contribution in [0.1, 0.15) is 12.8 Å². The van der Waals surface area contributed by atoms with Crippen molar-refractivity contribution in [2.45, 2.75) is 24.0 Å². The Hall–Kier alpha value is -2.26. The van der Waals surface area contributed by atoms with Gasteiger partial charge in [0, 0.05) is 26.2 Å². The van der Waals surface area contributed by atoms with Gasteiger partial charge in [0.15, 0.2) is 0 Å². The molecule has 0 aromatic carbocycles. The van der Waals surface area contributed by atoms with Gasteiger partial charge in [-0.05, 0) is 12.8 Å². The molecule has 2 aliphatic carbocycles. The van der Waals surface area contributed by atoms with Gasteiger partial charge in [0.2, 0.25) is 0 Å². The van der Waals surface area contributed by atoms with Crippen LogP contribution in [0, 0.1) is 0 Å². The lowest BCUT2D eigenvalue weighted by molar-refractivity contribution is -0.141. The van der Waals surface area contributed by atoms with E-state index in [9.17, 15) is 30.0 Å². The molecule has 28 heavy (non-hydrogen) atoms. The third-order valence-corrected chi connectivity index (χ3v) is 4.69. The molecular formula is C20H28N2O6. The van der Waals surface area contributed by atoms with Crippen molar-refractivity contribution < 1.29 is 30.0 Å². The molecule has 0 spiro atoms. The number of rotatable bonds is 11. The van der Waals surface area contributed by atoms with Crippen molar-refractivity contribution in [1.29, 1.82) is 0 Å². The van der Waals surface area contributed by atoms with Crippen LogP contribution in [0.15, 0.2) is 48.6 Å². The zero-order valence-corrected chi connectivity index (χ0v) is 15.8. The Bertz CT molecular complexity index is 628. The second kappa shape index (κ2) is 9.79. The SMILES string of the molecule is O=C(O)CN(CCN(CC(=O)O)CC1(O)C=CC=CC1)CC1(O)C=CC=CC1. The molecule has 0 saturated heterocycles. The summed E-state index contributed by atoms with van der Waals surface area (Å²) in [5.74, 6) is -2.05. The summed E-state index contributed by atoms with van der Waals surface area (Å²) in [6.07, 6.45) is 14.7. The Labute approximate surface area is 164 Å². The smallest absolute Gasteiger partial charge is 0.317 e. The third kappa shape index (κ3) is 7.40. The molecule has 8 nitrogen and oxygen atoms in total. The minimum absolute atomic E-state index is 0.119. The van der Waals surface area contributed by atoms with Crippen molar-refractivity contribution in [1.82, 2.24) is 9.80 Å². The second-order valence-electron chi connectivity index (χ2n) is 7.40. The first kappa shape index (κ1) is 22.0. The van der Waals surface area contributed by atoms with Gasteiger partial charge in [0.05, 0.1) is 24.3 Å². The summed E-state index contributed by atoms with van der Waals surface area (Å²) < 4.78 is 0. The van der Waals surface area contributed by atoms with E-state index in [0.717, 1.165) is 0 Å². The van der Waals surface area contributed by atoms with E-state index in [2.05, 4.69) is 0 Å². The summed E-state index contributed by atoms with van der Waals surface area (Å²) in [4.78, 5) is 25.6. The summed E-state index contributed by atoms with van der Waals surface area (Å²) in [6.45, 7) is 0.188. The normalized spacial score (nSPS) is 26.3. The van der Waals surface area contributed by atoms with Crippen LogP contribution < -0.4 is 0 Å². The van der Waals surface area contributed by atoms with Crippen molar-refractivity contribution in [2.24, 2.45) is 0 Å². The molecular weight excluding hydrogens is 364 g/mol. The van der Waals surface area contributed by atoms with E-state index in [-0.39, 0.29) is 39.3 Å². The molecule has 0 fully saturated rings. The molecule has 2 rings (SSSR count). The van der Waals surface area contributed by atoms with Crippen molar-refractivity contribution in [3.8, 4) is 0 Å². The molecule has 4 N–H and O–H groups in total. The predicted octanol–water partition coefficient (Wildman–Crippen LogP) is 0.254. The van der Waals surface area contributed by atoms with Gasteiger partial charge in [-0.2, -0.15) is 0 Å². The average Bonchev–Trinajstić information content (AvgIpc) is 2.59. The third-order valence-electron chi connectivity index (χ3n) is 4.69. The molecule has 2 atom stereocenters. The first-order valence-corrected chi connectivity index (χ1v) is 9.22. The maximum atomic E-state index is 11.2. The molecule has 2 aliphatic rings. The molecule has 154 valence electrons. The Morgan fingerprint density at radius 3 is 1.43 bits per heavy atom. The first-order chi connectivity index (χ1) is 13.2. The number of carbonyl (C=O) groups is 2. The van der Waals surface area contributed by atoms with Crippen molar-refractivity contribution in [3.05, 3.63) is 48.6 Å². The van der Waals surface area contributed by atoms with Crippen molar-refractivity contribution in [2.75, 3.05) is 39.3 Å². The Kier molecular flexibility index (Phi) is 7.70. The molecule has 2 unspecified atom stereocenters. The van der Waals surface area contributed by atoms with Crippen LogP contribution in [0.3, 0.4) is 0 Å². The number of hydrogen-bond donors (Lipinski definition) is 4. The molecule has 0 aromatic heterocycles. The lowest BCUT2D eigenvalue weighted by Crippen LogP contribution is -2.49. The molecule has 0 bridgehead atoms. The Balaban J connectivity index is 2.01. The summed E-state index contributed by atoms with van der Waals surface area (Å²) in [5.41, 5.74) is -2.31. The van der Waals surface area contributed by atoms with Gasteiger partial charge in [0.25, 0.3) is 0 Å². The number of carboxylic acids is 2. The maximum absolute atomic E-state index is 11.2. The Morgan fingerprint density at radius 1 is 0.750 bits per heavy atom. The van der Waals surface area contributed by atoms with Crippen LogP contribution in [0.5, 0.6) is 0 Å². The van der Waals surface area contributed by atoms with E-state index >= 15 is 0 Å². The number of aliphatic carboxylic acids is 2. The molecule has 0 aliphatic heterocycles. The van der Waals surface area contributed by atoms with E-state index in [1.807, 2.05) is 24.3 Å². The second-order valence-corrected chi connectivity index (χ2v) is 7.40. The average molecular weight is 392 g/mol. The summed E-state index contributed by atoms with van der Waals surface area (Å²) in [7, 11) is 0. The predicted molar refractivity (Wildman–Crippen MR) is 104 cm³/mol. The van der Waals surface area contributed by atoms with Crippen molar-refractivity contribution >= 4 is 11.9 Å². The number of aliphatic hydroxyl groups is 2. The zero-order valence-electron chi connectivity index (χ0n) is 15.8. The molecule has 0 saturated carbocycles. The Morgan fingerprint density at radius 2 is 1.14 bits per heavy atom. The summed E-state index contributed by atoms with van der Waals surface area (Å²) in [6, 6.07) is 0. The highest BCUT2D eigenvalue weighted by molar-refractivity contribution is 5.69. The lowest BCUT2D eigenvalue weighted by Gasteiger charge is -2.35. The lowest BCUT2D eigenvalue weighted by atomic mass is 9.94. The topological polar surface area (TPSA) is 122 Å². The summed E-state index contributed by atoms with van der Waals surface area (Å²) >= 11 is 0. The fourth-order valence-electron chi connectivity index (χ4n) is 3.41. The highest BCUT2D eigenvalue weighted by Gasteiger charge is 2.30. The molecule has 0 amide bonds. The van der Waals surface area contributed by atoms with Crippen LogP contribution >= 0.6 is 0 Å². The molecule has 0 aromatic rings. The fraction of sp³-hybridized carbons (Fsp3) is 0.500. The van der Waals surface area contributed by atoms with Gasteiger partial charge in [-0.1, -0.05) is 48.6 Å². The number of hydrogen-bond acceptors (Lipinski definition) is 6. The largest absolute Gasteiger partial charge is 0.480 e. The fourth-order valence-corrected chi connectivity index (χ4v) is 3.41. The number of nitrogens with zero attached hydrogens (tertiary/aromatic N) is 2. The highest BCUT2D eigenvalue weighted by atomic mass is 16.4. The number of carboxylic acid groups (broad SMARTS) is 2. The standard InChI is InChI=1S/C20H28N2O6/c23-17(24)13-21(15-19(27)7-3-1-4-8-19)11-12-22(14-18(25)26)16-20(28)9-5-2-6-10-20/h1-7,9,27-28H,8,10-16H2,(H,23,24)(H,25,26). The van der Waals surface area contributed by atoms with Crippen molar-refractivity contribution in [3.63, 3.8) is 0 Å². The maximum Gasteiger partial charge on any atom is 0.317 e. The van der Waals surface area contributed by atoms with Crippen LogP contribution in [-0.4, -0.2) is 92.6 Å². The van der Waals surface area contributed by atoms with Gasteiger partial charge in [-0.15, -0.1) is 0 Å². The van der Waals surface area contributed by atoms with E-state index in [1.54, 1.807) is 34.1 Å². The van der Waals surface area contributed by atoms with E-state index < -0.39 is 23.1 Å². The molecule has 8 heteroatoms. The number of allylic oxidation sites excluding steroid dienone is 4. The van der Waals surface area contributed by atoms with Crippen LogP contribution in [0.25, 0.3) is 0 Å². The van der Waals surface area contributed by atoms with E-state index in [4.69, 9.17) is 0 Å². The summed E-state index contributed by atoms with van der Waals surface area (Å²) in [5, 5.41) is 39.6. The highest BCUT2D eigenvalue weighted by Crippen LogP contribution is 2.20. The molecule has 0 heterocycles. The van der Waals surface area contributed by atoms with E-state index in [1.165, 1.54) is 0 Å². The van der Waals surface area contributed by atoms with Gasteiger partial charge in [-0.3, -0.25) is 19.4 Å². The van der Waals surface area contributed by atoms with Crippen LogP contribution in [-0.2, 0) is 9.59 Å². The van der Waals surface area contributed by atoms with Crippen LogP contribution in [0.2, 0.25) is 0 Å². The monoisotopic (exact) mass is 392 g/mol.